The minimum atomic E-state index is -1.05. The minimum Gasteiger partial charge on any atom is -0.508 e. The van der Waals surface area contributed by atoms with Gasteiger partial charge in [-0.15, -0.1) is 0 Å². The molecule has 12 aromatic rings. The Morgan fingerprint density at radius 1 is 0.369 bits per heavy atom. The number of likely N-dealkylation sites (tertiary alicyclic amines) is 3. The summed E-state index contributed by atoms with van der Waals surface area (Å²) in [6.07, 6.45) is 3.65. The lowest BCUT2D eigenvalue weighted by Crippen LogP contribution is -2.44. The number of phenols is 4. The van der Waals surface area contributed by atoms with Crippen LogP contribution in [0.3, 0.4) is 0 Å². The van der Waals surface area contributed by atoms with E-state index < -0.39 is 54.9 Å². The number of aliphatic carboxylic acids is 1. The summed E-state index contributed by atoms with van der Waals surface area (Å²) in [7, 11) is 0. The lowest BCUT2D eigenvalue weighted by Gasteiger charge is -2.27. The van der Waals surface area contributed by atoms with Crippen LogP contribution in [-0.4, -0.2) is 188 Å². The van der Waals surface area contributed by atoms with Crippen molar-refractivity contribution in [3.8, 4) is 23.0 Å². The van der Waals surface area contributed by atoms with Gasteiger partial charge < -0.3 is 90.5 Å². The lowest BCUT2D eigenvalue weighted by molar-refractivity contribution is -0.150. The van der Waals surface area contributed by atoms with Crippen molar-refractivity contribution < 1.29 is 107 Å². The summed E-state index contributed by atoms with van der Waals surface area (Å²) in [4.78, 5) is 155. The third-order valence-corrected chi connectivity index (χ3v) is 26.7. The molecular formula is C119H126N8O22. The van der Waals surface area contributed by atoms with Crippen LogP contribution in [0.4, 0.5) is 22.7 Å². The van der Waals surface area contributed by atoms with E-state index in [2.05, 4.69) is 26.6 Å². The highest BCUT2D eigenvalue weighted by Gasteiger charge is 2.45. The average Bonchev–Trinajstić information content (AvgIpc) is 1.66. The van der Waals surface area contributed by atoms with Gasteiger partial charge in [-0.1, -0.05) is 206 Å². The Morgan fingerprint density at radius 2 is 0.752 bits per heavy atom. The number of carboxylic acids is 1. The molecule has 774 valence electrons. The van der Waals surface area contributed by atoms with Crippen LogP contribution >= 0.6 is 0 Å². The zero-order chi connectivity index (χ0) is 106. The quantitative estimate of drug-likeness (QED) is 0.0132. The fourth-order valence-corrected chi connectivity index (χ4v) is 19.8. The van der Waals surface area contributed by atoms with Gasteiger partial charge >= 0.3 is 23.9 Å². The first-order chi connectivity index (χ1) is 71.9. The number of rotatable bonds is 34. The fourth-order valence-electron chi connectivity index (χ4n) is 19.8. The second kappa shape index (κ2) is 53.5. The number of carbonyl (C=O) groups excluding carboxylic acids is 11. The van der Waals surface area contributed by atoms with Gasteiger partial charge in [-0.3, -0.25) is 47.9 Å². The summed E-state index contributed by atoms with van der Waals surface area (Å²) in [5, 5.41) is 62.4. The van der Waals surface area contributed by atoms with Crippen LogP contribution in [0.1, 0.15) is 207 Å². The molecule has 7 unspecified atom stereocenters. The maximum absolute atomic E-state index is 13.6. The molecule has 11 atom stereocenters. The summed E-state index contributed by atoms with van der Waals surface area (Å²) in [6, 6.07) is 88.8. The smallest absolute Gasteiger partial charge is 0.332 e. The predicted octanol–water partition coefficient (Wildman–Crippen LogP) is 17.8. The van der Waals surface area contributed by atoms with E-state index >= 15 is 0 Å². The number of ether oxygens (including phenoxy) is 5. The van der Waals surface area contributed by atoms with E-state index in [1.807, 2.05) is 194 Å². The molecule has 30 heteroatoms. The van der Waals surface area contributed by atoms with Crippen molar-refractivity contribution in [1.29, 1.82) is 0 Å². The zero-order valence-corrected chi connectivity index (χ0v) is 84.3. The number of nitrogens with one attached hydrogen (secondary N) is 5. The highest BCUT2D eigenvalue weighted by atomic mass is 16.6. The molecule has 12 aromatic carbocycles. The molecule has 8 amide bonds. The lowest BCUT2D eigenvalue weighted by atomic mass is 9.87. The number of anilines is 4. The minimum absolute atomic E-state index is 0.0533. The summed E-state index contributed by atoms with van der Waals surface area (Å²) in [6.45, 7) is 12.8. The molecule has 0 aromatic heterocycles. The number of hydrogen-bond acceptors (Lipinski definition) is 21. The van der Waals surface area contributed by atoms with Crippen molar-refractivity contribution in [3.63, 3.8) is 0 Å². The number of benzene rings is 12. The highest BCUT2D eigenvalue weighted by Crippen LogP contribution is 2.43. The highest BCUT2D eigenvalue weighted by molar-refractivity contribution is 6.01. The third kappa shape index (κ3) is 30.3. The molecule has 3 aliphatic heterocycles. The van der Waals surface area contributed by atoms with Crippen LogP contribution in [0.15, 0.2) is 303 Å². The average molecular weight is 2020 g/mol. The summed E-state index contributed by atoms with van der Waals surface area (Å²) in [5.74, 6) is -4.38. The van der Waals surface area contributed by atoms with Gasteiger partial charge in [0.2, 0.25) is 47.3 Å². The first kappa shape index (κ1) is 110. The number of esters is 3. The van der Waals surface area contributed by atoms with Gasteiger partial charge in [0.15, 0.2) is 0 Å². The second-order valence-electron chi connectivity index (χ2n) is 36.8. The number of aryl methyl sites for hydroxylation is 2. The molecule has 1 aliphatic carbocycles. The molecule has 0 spiro atoms. The summed E-state index contributed by atoms with van der Waals surface area (Å²) in [5.41, 5.74) is 15.1. The van der Waals surface area contributed by atoms with Crippen LogP contribution in [0, 0.1) is 0 Å². The largest absolute Gasteiger partial charge is 0.508 e. The molecule has 30 nitrogen and oxygen atoms in total. The molecule has 10 N–H and O–H groups in total. The topological polar surface area (TPSA) is 422 Å². The van der Waals surface area contributed by atoms with Gasteiger partial charge in [-0.05, 0) is 234 Å². The molecule has 3 fully saturated rings. The molecule has 0 bridgehead atoms. The normalized spacial score (nSPS) is 17.0. The standard InChI is InChI=1S/C31H34N2O5.C30H30N2O6.C30H32N2O6.C28H30N2O5/c1-3-38-29(36)17-16-27(22-8-5-4-6-9-22)24-10-7-11-25(20-24)32-31(37)30-28(18-19-33(30)21(2)34)23-12-14-26(35)15-13-23;1-18(33)32-15-14-24(20-9-12-23(34)13-10-20)28(32)30(37)31-22-11-8-21-7-6-19-4-2-3-5-25(19)29(26(21)16-22)38-17-27(35)36;1-3-37-27(35)19-38-29(22-8-5-4-6-9-22)23-10-7-11-24(18-23)31-30(36)28-26(16-17-32(28)20(2)33)21-12-14-25(34)15-13-21;1-3-35-27(33)18-25(21-8-5-4-6-9-21)22-10-7-11-23(17-22)30-28(34)26(29-19(2)31)16-20-12-14-24(32)15-13-20/h4-15,20,27-28,30,35H,3,16-19H2,1-2H3,(H,32,37);2-5,8-13,16,24,28-29,34H,6-7,14-15,17H2,1H3,(H,31,37)(H,35,36);4-15,18,26,28-29,34H,3,16-17,19H2,1-2H3,(H,31,36);4-15,17,25-26,32H,3,16,18H2,1-2H3,(H,29,31)(H,30,34)/t27?,28?,30-;24?,28-,29?;26?,28-,29?;25?,26-/m0000/s1. The fraction of sp³-hybridized carbons (Fsp3) is 0.294. The van der Waals surface area contributed by atoms with Crippen molar-refractivity contribution in [3.05, 3.63) is 381 Å². The van der Waals surface area contributed by atoms with Gasteiger partial charge in [0.05, 0.1) is 26.2 Å². The Hall–Kier alpha value is -16.6. The molecule has 149 heavy (non-hydrogen) atoms. The number of carboxylic acid groups (broad SMARTS) is 1. The van der Waals surface area contributed by atoms with Crippen molar-refractivity contribution in [2.45, 2.75) is 172 Å². The molecular weight excluding hydrogens is 1890 g/mol. The van der Waals surface area contributed by atoms with Crippen molar-refractivity contribution in [1.82, 2.24) is 20.0 Å². The van der Waals surface area contributed by atoms with Gasteiger partial charge in [-0.2, -0.15) is 0 Å². The number of phenolic OH excluding ortho intramolecular Hbond substituents is 4. The Balaban J connectivity index is 0.000000166. The number of hydrogen-bond donors (Lipinski definition) is 10. The monoisotopic (exact) mass is 2020 g/mol. The zero-order valence-electron chi connectivity index (χ0n) is 84.3. The van der Waals surface area contributed by atoms with Gasteiger partial charge in [0.1, 0.15) is 72.6 Å². The maximum Gasteiger partial charge on any atom is 0.332 e. The number of fused-ring (bicyclic) bond motifs is 2. The molecule has 16 rings (SSSR count). The first-order valence-corrected chi connectivity index (χ1v) is 50.0. The van der Waals surface area contributed by atoms with E-state index in [4.69, 9.17) is 23.7 Å². The number of nitrogens with zero attached hydrogens (tertiary/aromatic N) is 3. The SMILES string of the molecule is CC(=O)N1CCC(c2ccc(O)cc2)[C@H]1C(=O)Nc1ccc2c(c1)C(OCC(=O)O)c1ccccc1CC2.CCOC(=O)CC(c1ccccc1)c1cccc(NC(=O)[C@H](Cc2ccc(O)cc2)NC(C)=O)c1.CCOC(=O)CCC(c1ccccc1)c1cccc(NC(=O)[C@@H]2C(c3ccc(O)cc3)CCN2C(C)=O)c1.CCOC(=O)COC(c1ccccc1)c1cccc(NC(=O)[C@@H]2C(c3ccc(O)cc3)CCN2C(C)=O)c1. The van der Waals surface area contributed by atoms with E-state index in [-0.39, 0.29) is 144 Å². The van der Waals surface area contributed by atoms with Crippen molar-refractivity contribution in [2.24, 2.45) is 0 Å². The van der Waals surface area contributed by atoms with E-state index in [1.54, 1.807) is 133 Å². The Morgan fingerprint density at radius 3 is 1.20 bits per heavy atom. The Labute approximate surface area is 866 Å². The van der Waals surface area contributed by atoms with Crippen LogP contribution in [0.25, 0.3) is 0 Å². The predicted molar refractivity (Wildman–Crippen MR) is 563 cm³/mol. The number of carbonyl (C=O) groups is 12. The van der Waals surface area contributed by atoms with E-state index in [9.17, 15) is 83.1 Å². The Bertz CT molecular complexity index is 6420. The number of amides is 8. The van der Waals surface area contributed by atoms with E-state index in [0.29, 0.717) is 81.3 Å². The van der Waals surface area contributed by atoms with Crippen molar-refractivity contribution >= 4 is 93.9 Å². The second-order valence-corrected chi connectivity index (χ2v) is 36.8. The molecule has 0 saturated carbocycles. The molecule has 4 aliphatic rings. The van der Waals surface area contributed by atoms with Gasteiger partial charge in [-0.25, -0.2) is 9.59 Å². The van der Waals surface area contributed by atoms with Gasteiger partial charge in [0.25, 0.3) is 0 Å². The molecule has 3 saturated heterocycles. The Kier molecular flexibility index (Phi) is 39.4. The van der Waals surface area contributed by atoms with Crippen LogP contribution < -0.4 is 26.6 Å². The van der Waals surface area contributed by atoms with Crippen LogP contribution in [0.2, 0.25) is 0 Å². The summed E-state index contributed by atoms with van der Waals surface area (Å²) >= 11 is 0. The molecule has 0 radical (unpaired) electrons. The third-order valence-electron chi connectivity index (χ3n) is 26.7. The van der Waals surface area contributed by atoms with Crippen molar-refractivity contribution in [2.75, 3.05) is 73.9 Å². The van der Waals surface area contributed by atoms with Crippen LogP contribution in [-0.2, 0) is 100 Å². The maximum atomic E-state index is 13.6. The van der Waals surface area contributed by atoms with Gasteiger partial charge in [0, 0.05) is 113 Å². The first-order valence-electron chi connectivity index (χ1n) is 50.0. The summed E-state index contributed by atoms with van der Waals surface area (Å²) < 4.78 is 27.2. The van der Waals surface area contributed by atoms with E-state index in [0.717, 1.165) is 90.7 Å². The van der Waals surface area contributed by atoms with Crippen LogP contribution in [0.5, 0.6) is 23.0 Å². The molecule has 3 heterocycles. The number of aromatic hydroxyl groups is 4. The van der Waals surface area contributed by atoms with E-state index in [1.165, 1.54) is 39.8 Å².